The Morgan fingerprint density at radius 3 is 2.65 bits per heavy atom. The highest BCUT2D eigenvalue weighted by Crippen LogP contribution is 2.43. The molecule has 3 N–H and O–H groups in total. The lowest BCUT2D eigenvalue weighted by Gasteiger charge is -2.29. The van der Waals surface area contributed by atoms with Gasteiger partial charge in [0.15, 0.2) is 0 Å². The predicted molar refractivity (Wildman–Crippen MR) is 177 cm³/mol. The average Bonchev–Trinajstić information content (AvgIpc) is 3.30. The van der Waals surface area contributed by atoms with E-state index >= 15 is 0 Å². The fraction of sp³-hybridized carbons (Fsp3) is 0.294. The first-order valence-electron chi connectivity index (χ1n) is 14.7. The molecule has 1 amide bonds. The number of fused-ring (bicyclic) bond motifs is 1. The van der Waals surface area contributed by atoms with Crippen LogP contribution in [0.1, 0.15) is 53.1 Å². The van der Waals surface area contributed by atoms with Gasteiger partial charge in [-0.2, -0.15) is 0 Å². The zero-order chi connectivity index (χ0) is 29.9. The summed E-state index contributed by atoms with van der Waals surface area (Å²) in [4.78, 5) is 22.0. The van der Waals surface area contributed by atoms with Crippen molar-refractivity contribution < 1.29 is 9.53 Å². The van der Waals surface area contributed by atoms with Crippen molar-refractivity contribution in [2.45, 2.75) is 44.8 Å². The van der Waals surface area contributed by atoms with E-state index in [0.717, 1.165) is 72.0 Å². The van der Waals surface area contributed by atoms with Crippen molar-refractivity contribution in [2.75, 3.05) is 30.4 Å². The van der Waals surface area contributed by atoms with E-state index in [4.69, 9.17) is 27.1 Å². The number of halogens is 1. The van der Waals surface area contributed by atoms with E-state index in [9.17, 15) is 4.79 Å². The summed E-state index contributed by atoms with van der Waals surface area (Å²) in [6.45, 7) is 4.14. The standard InChI is InChI=1S/C34H36ClN5O2S/c1-22(27-8-3-4-9-28(27)35)42-30-20-32(43-33(30)34(36)41)40-16-6-5-7-24-19-23(10-12-29(24)40)25-11-13-31(37-21-25)38-26-14-17-39(2)18-15-26/h3-4,6,8-13,16,19-22,26H,5,7,14-15,17-18H2,1-2H3,(H2,36,41)(H,37,38)/t22-/m1/s1. The maximum atomic E-state index is 12.4. The number of aromatic nitrogens is 1. The SMILES string of the molecule is C[C@@H](Oc1cc(N2C=CCCc3cc(-c4ccc(NC5CCN(C)CC5)nc4)ccc32)sc1C(N)=O)c1ccccc1Cl. The second-order valence-electron chi connectivity index (χ2n) is 11.2. The molecule has 0 aliphatic carbocycles. The minimum absolute atomic E-state index is 0.358. The molecule has 0 saturated carbocycles. The lowest BCUT2D eigenvalue weighted by molar-refractivity contribution is 0.0998. The second kappa shape index (κ2) is 12.8. The highest BCUT2D eigenvalue weighted by Gasteiger charge is 2.24. The van der Waals surface area contributed by atoms with Gasteiger partial charge in [0.05, 0.1) is 0 Å². The Morgan fingerprint density at radius 2 is 1.91 bits per heavy atom. The third-order valence-electron chi connectivity index (χ3n) is 8.13. The fourth-order valence-corrected chi connectivity index (χ4v) is 6.93. The topological polar surface area (TPSA) is 83.7 Å². The van der Waals surface area contributed by atoms with Gasteiger partial charge in [-0.05, 0) is 94.2 Å². The maximum absolute atomic E-state index is 12.4. The van der Waals surface area contributed by atoms with Gasteiger partial charge in [0.1, 0.15) is 27.5 Å². The van der Waals surface area contributed by atoms with Crippen LogP contribution in [0.25, 0.3) is 11.1 Å². The van der Waals surface area contributed by atoms with Crippen molar-refractivity contribution >= 4 is 45.4 Å². The quantitative estimate of drug-likeness (QED) is 0.211. The number of nitrogens with one attached hydrogen (secondary N) is 1. The molecule has 2 aliphatic heterocycles. The number of carbonyl (C=O) groups excluding carboxylic acids is 1. The first kappa shape index (κ1) is 29.2. The number of ether oxygens (including phenoxy) is 1. The number of nitrogens with two attached hydrogens (primary N) is 1. The summed E-state index contributed by atoms with van der Waals surface area (Å²) in [5.41, 5.74) is 11.1. The van der Waals surface area contributed by atoms with Gasteiger partial charge in [0.2, 0.25) is 0 Å². The van der Waals surface area contributed by atoms with E-state index in [1.165, 1.54) is 16.9 Å². The van der Waals surface area contributed by atoms with Crippen molar-refractivity contribution in [1.29, 1.82) is 0 Å². The van der Waals surface area contributed by atoms with Crippen LogP contribution in [0.15, 0.2) is 79.1 Å². The van der Waals surface area contributed by atoms with Gasteiger partial charge in [-0.1, -0.05) is 41.9 Å². The van der Waals surface area contributed by atoms with Crippen molar-refractivity contribution in [3.8, 4) is 16.9 Å². The molecule has 4 aromatic rings. The number of rotatable bonds is 8. The van der Waals surface area contributed by atoms with Crippen LogP contribution in [0.3, 0.4) is 0 Å². The number of hydrogen-bond acceptors (Lipinski definition) is 7. The number of nitrogens with zero attached hydrogens (tertiary/aromatic N) is 3. The van der Waals surface area contributed by atoms with Crippen molar-refractivity contribution in [3.63, 3.8) is 0 Å². The first-order valence-corrected chi connectivity index (χ1v) is 15.9. The Kier molecular flexibility index (Phi) is 8.70. The number of aryl methyl sites for hydroxylation is 1. The van der Waals surface area contributed by atoms with Crippen molar-refractivity contribution in [2.24, 2.45) is 5.73 Å². The molecular weight excluding hydrogens is 578 g/mol. The number of amides is 1. The summed E-state index contributed by atoms with van der Waals surface area (Å²) in [6, 6.07) is 20.6. The van der Waals surface area contributed by atoms with E-state index in [1.54, 1.807) is 0 Å². The molecule has 0 unspecified atom stereocenters. The first-order chi connectivity index (χ1) is 20.9. The molecule has 2 aromatic carbocycles. The van der Waals surface area contributed by atoms with Gasteiger partial charge in [-0.3, -0.25) is 4.79 Å². The van der Waals surface area contributed by atoms with Gasteiger partial charge in [0, 0.05) is 46.3 Å². The van der Waals surface area contributed by atoms with Crippen LogP contribution in [-0.2, 0) is 6.42 Å². The van der Waals surface area contributed by atoms with E-state index in [-0.39, 0.29) is 6.10 Å². The molecule has 0 bridgehead atoms. The second-order valence-corrected chi connectivity index (χ2v) is 12.7. The number of pyridine rings is 1. The number of allylic oxidation sites excluding steroid dienone is 1. The Hall–Kier alpha value is -3.85. The fourth-order valence-electron chi connectivity index (χ4n) is 5.70. The average molecular weight is 614 g/mol. The molecule has 9 heteroatoms. The Labute approximate surface area is 261 Å². The summed E-state index contributed by atoms with van der Waals surface area (Å²) < 4.78 is 6.26. The number of piperidine rings is 1. The van der Waals surface area contributed by atoms with E-state index < -0.39 is 5.91 Å². The Morgan fingerprint density at radius 1 is 1.12 bits per heavy atom. The monoisotopic (exact) mass is 613 g/mol. The molecule has 0 spiro atoms. The van der Waals surface area contributed by atoms with Crippen LogP contribution >= 0.6 is 22.9 Å². The summed E-state index contributed by atoms with van der Waals surface area (Å²) in [5, 5.41) is 5.07. The number of anilines is 3. The van der Waals surface area contributed by atoms with Crippen LogP contribution in [0.2, 0.25) is 5.02 Å². The van der Waals surface area contributed by atoms with Gasteiger partial charge >= 0.3 is 0 Å². The molecule has 2 aromatic heterocycles. The zero-order valence-corrected chi connectivity index (χ0v) is 26.0. The van der Waals surface area contributed by atoms with Crippen LogP contribution in [0.4, 0.5) is 16.5 Å². The summed E-state index contributed by atoms with van der Waals surface area (Å²) in [7, 11) is 2.17. The van der Waals surface area contributed by atoms with Gasteiger partial charge in [-0.15, -0.1) is 11.3 Å². The molecule has 7 nitrogen and oxygen atoms in total. The summed E-state index contributed by atoms with van der Waals surface area (Å²) in [6.07, 6.45) is 9.89. The third kappa shape index (κ3) is 6.56. The lowest BCUT2D eigenvalue weighted by atomic mass is 10.0. The third-order valence-corrected chi connectivity index (χ3v) is 9.61. The molecule has 6 rings (SSSR count). The molecule has 222 valence electrons. The van der Waals surface area contributed by atoms with Gasteiger partial charge in [-0.25, -0.2) is 4.98 Å². The van der Waals surface area contributed by atoms with Crippen molar-refractivity contribution in [3.05, 3.63) is 100 Å². The van der Waals surface area contributed by atoms with Crippen LogP contribution in [0, 0.1) is 0 Å². The molecule has 2 aliphatic rings. The van der Waals surface area contributed by atoms with Crippen LogP contribution in [0.5, 0.6) is 5.75 Å². The van der Waals surface area contributed by atoms with E-state index in [0.29, 0.717) is 21.7 Å². The summed E-state index contributed by atoms with van der Waals surface area (Å²) >= 11 is 7.73. The van der Waals surface area contributed by atoms with Gasteiger partial charge in [0.25, 0.3) is 5.91 Å². The highest BCUT2D eigenvalue weighted by molar-refractivity contribution is 7.18. The zero-order valence-electron chi connectivity index (χ0n) is 24.4. The number of benzene rings is 2. The number of thiophene rings is 1. The lowest BCUT2D eigenvalue weighted by Crippen LogP contribution is -2.36. The van der Waals surface area contributed by atoms with Gasteiger partial charge < -0.3 is 25.6 Å². The molecule has 1 saturated heterocycles. The minimum Gasteiger partial charge on any atom is -0.484 e. The maximum Gasteiger partial charge on any atom is 0.262 e. The highest BCUT2D eigenvalue weighted by atomic mass is 35.5. The number of primary amides is 1. The van der Waals surface area contributed by atoms with Crippen LogP contribution < -0.4 is 20.7 Å². The Balaban J connectivity index is 1.23. The molecule has 0 radical (unpaired) electrons. The number of hydrogen-bond donors (Lipinski definition) is 2. The van der Waals surface area contributed by atoms with Crippen LogP contribution in [-0.4, -0.2) is 42.0 Å². The molecule has 4 heterocycles. The summed E-state index contributed by atoms with van der Waals surface area (Å²) in [5.74, 6) is 0.859. The molecule has 1 fully saturated rings. The Bertz CT molecular complexity index is 1630. The molecular formula is C34H36ClN5O2S. The largest absolute Gasteiger partial charge is 0.484 e. The van der Waals surface area contributed by atoms with Crippen molar-refractivity contribution in [1.82, 2.24) is 9.88 Å². The number of likely N-dealkylation sites (tertiary alicyclic amines) is 1. The molecule has 1 atom stereocenters. The van der Waals surface area contributed by atoms with E-state index in [2.05, 4.69) is 64.8 Å². The molecule has 43 heavy (non-hydrogen) atoms. The number of carbonyl (C=O) groups is 1. The minimum atomic E-state index is -0.520. The smallest absolute Gasteiger partial charge is 0.262 e. The van der Waals surface area contributed by atoms with E-state index in [1.807, 2.05) is 43.5 Å². The predicted octanol–water partition coefficient (Wildman–Crippen LogP) is 7.81. The normalized spacial score (nSPS) is 16.4.